The summed E-state index contributed by atoms with van der Waals surface area (Å²) in [5, 5.41) is 0.220. The molecule has 1 aliphatic heterocycles. The molecular formula is C11H15ClF3N5. The van der Waals surface area contributed by atoms with Crippen LogP contribution in [0.25, 0.3) is 0 Å². The predicted molar refractivity (Wildman–Crippen MR) is 70.8 cm³/mol. The molecule has 0 amide bonds. The number of anilines is 2. The number of rotatable bonds is 2. The molecule has 1 aromatic heterocycles. The number of nitrogen functional groups attached to an aromatic ring is 1. The summed E-state index contributed by atoms with van der Waals surface area (Å²) in [5.41, 5.74) is 5.52. The van der Waals surface area contributed by atoms with Crippen molar-refractivity contribution < 1.29 is 13.2 Å². The SMILES string of the molecule is CC1CN(c2cc(Cl)nc(N)n2)CCN1CC(F)(F)F. The molecule has 112 valence electrons. The third kappa shape index (κ3) is 3.86. The van der Waals surface area contributed by atoms with Crippen molar-refractivity contribution in [3.8, 4) is 0 Å². The van der Waals surface area contributed by atoms with Gasteiger partial charge in [-0.1, -0.05) is 11.6 Å². The van der Waals surface area contributed by atoms with Crippen molar-refractivity contribution in [2.45, 2.75) is 19.1 Å². The van der Waals surface area contributed by atoms with E-state index in [2.05, 4.69) is 9.97 Å². The van der Waals surface area contributed by atoms with Gasteiger partial charge in [0.05, 0.1) is 6.54 Å². The molecule has 20 heavy (non-hydrogen) atoms. The van der Waals surface area contributed by atoms with Gasteiger partial charge in [0.1, 0.15) is 11.0 Å². The van der Waals surface area contributed by atoms with E-state index in [0.717, 1.165) is 0 Å². The van der Waals surface area contributed by atoms with Crippen LogP contribution in [0.3, 0.4) is 0 Å². The number of nitrogens with two attached hydrogens (primary N) is 1. The summed E-state index contributed by atoms with van der Waals surface area (Å²) >= 11 is 5.80. The molecule has 0 spiro atoms. The molecule has 0 aliphatic carbocycles. The fourth-order valence-corrected chi connectivity index (χ4v) is 2.44. The maximum atomic E-state index is 12.4. The van der Waals surface area contributed by atoms with Crippen LogP contribution in [0.4, 0.5) is 24.9 Å². The first-order chi connectivity index (χ1) is 9.24. The minimum atomic E-state index is -4.18. The summed E-state index contributed by atoms with van der Waals surface area (Å²) in [4.78, 5) is 11.1. The molecule has 5 nitrogen and oxygen atoms in total. The average molecular weight is 310 g/mol. The van der Waals surface area contributed by atoms with Crippen molar-refractivity contribution >= 4 is 23.4 Å². The Kier molecular flexibility index (Phi) is 4.24. The van der Waals surface area contributed by atoms with Gasteiger partial charge >= 0.3 is 6.18 Å². The van der Waals surface area contributed by atoms with Gasteiger partial charge in [0.25, 0.3) is 0 Å². The number of nitrogens with zero attached hydrogens (tertiary/aromatic N) is 4. The van der Waals surface area contributed by atoms with E-state index in [1.807, 2.05) is 4.90 Å². The molecule has 1 saturated heterocycles. The van der Waals surface area contributed by atoms with Crippen molar-refractivity contribution in [2.75, 3.05) is 36.8 Å². The molecular weight excluding hydrogens is 295 g/mol. The molecule has 0 aromatic carbocycles. The Hall–Kier alpha value is -1.28. The predicted octanol–water partition coefficient (Wildman–Crippen LogP) is 1.79. The molecule has 2 N–H and O–H groups in total. The summed E-state index contributed by atoms with van der Waals surface area (Å²) in [6, 6.07) is 1.32. The zero-order valence-electron chi connectivity index (χ0n) is 10.9. The zero-order valence-corrected chi connectivity index (χ0v) is 11.6. The standard InChI is InChI=1S/C11H15ClF3N5/c1-7-5-19(2-3-20(7)6-11(13,14)15)9-4-8(12)17-10(16)18-9/h4,7H,2-3,5-6H2,1H3,(H2,16,17,18). The Balaban J connectivity index is 2.05. The van der Waals surface area contributed by atoms with Crippen LogP contribution >= 0.6 is 11.6 Å². The maximum absolute atomic E-state index is 12.4. The fraction of sp³-hybridized carbons (Fsp3) is 0.636. The minimum Gasteiger partial charge on any atom is -0.368 e. The highest BCUT2D eigenvalue weighted by atomic mass is 35.5. The summed E-state index contributed by atoms with van der Waals surface area (Å²) in [7, 11) is 0. The smallest absolute Gasteiger partial charge is 0.368 e. The quantitative estimate of drug-likeness (QED) is 0.844. The Morgan fingerprint density at radius 2 is 2.10 bits per heavy atom. The van der Waals surface area contributed by atoms with Gasteiger partial charge < -0.3 is 10.6 Å². The molecule has 2 heterocycles. The number of aromatic nitrogens is 2. The second-order valence-corrected chi connectivity index (χ2v) is 5.18. The molecule has 2 rings (SSSR count). The molecule has 0 bridgehead atoms. The van der Waals surface area contributed by atoms with Crippen LogP contribution in [0.5, 0.6) is 0 Å². The molecule has 0 saturated carbocycles. The van der Waals surface area contributed by atoms with E-state index in [-0.39, 0.29) is 17.1 Å². The van der Waals surface area contributed by atoms with Crippen LogP contribution < -0.4 is 10.6 Å². The van der Waals surface area contributed by atoms with Gasteiger partial charge in [0, 0.05) is 31.7 Å². The second-order valence-electron chi connectivity index (χ2n) is 4.79. The Bertz CT molecular complexity index is 461. The normalized spacial score (nSPS) is 21.2. The first kappa shape index (κ1) is 15.1. The van der Waals surface area contributed by atoms with Crippen LogP contribution in [0.1, 0.15) is 6.92 Å². The Morgan fingerprint density at radius 3 is 2.65 bits per heavy atom. The summed E-state index contributed by atoms with van der Waals surface area (Å²) < 4.78 is 37.3. The number of hydrogen-bond acceptors (Lipinski definition) is 5. The topological polar surface area (TPSA) is 58.3 Å². The molecule has 1 aromatic rings. The lowest BCUT2D eigenvalue weighted by Crippen LogP contribution is -2.54. The first-order valence-electron chi connectivity index (χ1n) is 6.10. The van der Waals surface area contributed by atoms with E-state index >= 15 is 0 Å². The van der Waals surface area contributed by atoms with Crippen LogP contribution in [0, 0.1) is 0 Å². The monoisotopic (exact) mass is 309 g/mol. The lowest BCUT2D eigenvalue weighted by molar-refractivity contribution is -0.150. The van der Waals surface area contributed by atoms with Crippen LogP contribution in [-0.4, -0.2) is 53.3 Å². The number of hydrogen-bond donors (Lipinski definition) is 1. The van der Waals surface area contributed by atoms with Crippen molar-refractivity contribution in [3.05, 3.63) is 11.2 Å². The van der Waals surface area contributed by atoms with Gasteiger partial charge in [-0.25, -0.2) is 4.98 Å². The first-order valence-corrected chi connectivity index (χ1v) is 6.48. The van der Waals surface area contributed by atoms with E-state index < -0.39 is 12.7 Å². The van der Waals surface area contributed by atoms with E-state index in [1.54, 1.807) is 13.0 Å². The lowest BCUT2D eigenvalue weighted by Gasteiger charge is -2.40. The summed E-state index contributed by atoms with van der Waals surface area (Å²) in [6.45, 7) is 2.04. The van der Waals surface area contributed by atoms with E-state index in [1.165, 1.54) is 4.90 Å². The van der Waals surface area contributed by atoms with Crippen molar-refractivity contribution in [2.24, 2.45) is 0 Å². The third-order valence-electron chi connectivity index (χ3n) is 3.17. The van der Waals surface area contributed by atoms with E-state index in [9.17, 15) is 13.2 Å². The highest BCUT2D eigenvalue weighted by Gasteiger charge is 2.35. The van der Waals surface area contributed by atoms with Gasteiger partial charge in [-0.15, -0.1) is 0 Å². The molecule has 1 fully saturated rings. The number of halogens is 4. The summed E-state index contributed by atoms with van der Waals surface area (Å²) in [5.74, 6) is 0.596. The maximum Gasteiger partial charge on any atom is 0.401 e. The molecule has 0 radical (unpaired) electrons. The van der Waals surface area contributed by atoms with Gasteiger partial charge in [0.2, 0.25) is 5.95 Å². The summed E-state index contributed by atoms with van der Waals surface area (Å²) in [6.07, 6.45) is -4.18. The van der Waals surface area contributed by atoms with E-state index in [4.69, 9.17) is 17.3 Å². The van der Waals surface area contributed by atoms with Crippen molar-refractivity contribution in [1.29, 1.82) is 0 Å². The Labute approximate surface area is 119 Å². The average Bonchev–Trinajstić information content (AvgIpc) is 2.29. The highest BCUT2D eigenvalue weighted by molar-refractivity contribution is 6.29. The largest absolute Gasteiger partial charge is 0.401 e. The van der Waals surface area contributed by atoms with E-state index in [0.29, 0.717) is 25.5 Å². The van der Waals surface area contributed by atoms with Gasteiger partial charge in [-0.05, 0) is 6.92 Å². The van der Waals surface area contributed by atoms with Crippen LogP contribution in [0.15, 0.2) is 6.07 Å². The van der Waals surface area contributed by atoms with Crippen LogP contribution in [0.2, 0.25) is 5.15 Å². The fourth-order valence-electron chi connectivity index (χ4n) is 2.25. The molecule has 9 heteroatoms. The number of alkyl halides is 3. The van der Waals surface area contributed by atoms with Gasteiger partial charge in [0.15, 0.2) is 0 Å². The molecule has 1 aliphatic rings. The van der Waals surface area contributed by atoms with Gasteiger partial charge in [-0.2, -0.15) is 18.2 Å². The Morgan fingerprint density at radius 1 is 1.40 bits per heavy atom. The number of piperazine rings is 1. The highest BCUT2D eigenvalue weighted by Crippen LogP contribution is 2.23. The minimum absolute atomic E-state index is 0.0536. The second kappa shape index (κ2) is 5.61. The zero-order chi connectivity index (χ0) is 14.9. The molecule has 1 unspecified atom stereocenters. The van der Waals surface area contributed by atoms with Crippen molar-refractivity contribution in [3.63, 3.8) is 0 Å². The van der Waals surface area contributed by atoms with Crippen molar-refractivity contribution in [1.82, 2.24) is 14.9 Å². The van der Waals surface area contributed by atoms with Crippen LogP contribution in [-0.2, 0) is 0 Å². The van der Waals surface area contributed by atoms with Gasteiger partial charge in [-0.3, -0.25) is 4.90 Å². The lowest BCUT2D eigenvalue weighted by atomic mass is 10.2. The molecule has 1 atom stereocenters. The third-order valence-corrected chi connectivity index (χ3v) is 3.36.